The summed E-state index contributed by atoms with van der Waals surface area (Å²) in [7, 11) is -1.75. The van der Waals surface area contributed by atoms with Gasteiger partial charge in [0.1, 0.15) is 0 Å². The molecule has 0 N–H and O–H groups in total. The lowest BCUT2D eigenvalue weighted by Crippen LogP contribution is -2.41. The van der Waals surface area contributed by atoms with Gasteiger partial charge < -0.3 is 9.16 Å². The Morgan fingerprint density at radius 1 is 0.941 bits per heavy atom. The zero-order chi connectivity index (χ0) is 24.2. The monoisotopic (exact) mass is 471 g/mol. The summed E-state index contributed by atoms with van der Waals surface area (Å²) in [6.07, 6.45) is 1.90. The van der Waals surface area contributed by atoms with Crippen LogP contribution in [-0.4, -0.2) is 27.2 Å². The molecule has 34 heavy (non-hydrogen) atoms. The van der Waals surface area contributed by atoms with Crippen molar-refractivity contribution in [3.8, 4) is 0 Å². The fraction of sp³-hybridized carbons (Fsp3) is 0.367. The van der Waals surface area contributed by atoms with E-state index in [1.165, 1.54) is 11.1 Å². The highest BCUT2D eigenvalue weighted by Gasteiger charge is 2.37. The Balaban J connectivity index is 1.56. The number of aliphatic imine (C=N–C) groups is 1. The largest absolute Gasteiger partial charge is 0.417 e. The van der Waals surface area contributed by atoms with Crippen LogP contribution in [0, 0.1) is 0 Å². The SMILES string of the molecule is CC(C)(C)[Si](C)(C)OCC[C@@H]1OCCc2cc(N=C(c3ccccc3)c3ccccc3)ccc21. The minimum absolute atomic E-state index is 0.0919. The van der Waals surface area contributed by atoms with Gasteiger partial charge >= 0.3 is 0 Å². The Hall–Kier alpha value is -2.53. The molecule has 1 heterocycles. The van der Waals surface area contributed by atoms with Gasteiger partial charge in [0, 0.05) is 17.7 Å². The summed E-state index contributed by atoms with van der Waals surface area (Å²) >= 11 is 0. The number of hydrogen-bond acceptors (Lipinski definition) is 3. The number of ether oxygens (including phenoxy) is 1. The Bertz CT molecular complexity index is 1080. The van der Waals surface area contributed by atoms with E-state index >= 15 is 0 Å². The topological polar surface area (TPSA) is 30.8 Å². The predicted molar refractivity (Wildman–Crippen MR) is 145 cm³/mol. The standard InChI is InChI=1S/C30H37NO2Si/c1-30(2,3)34(4,5)33-21-19-28-27-17-16-26(22-25(27)18-20-32-28)31-29(23-12-8-6-9-13-23)24-14-10-7-11-15-24/h6-17,22,28H,18-21H2,1-5H3/t28-/m0/s1. The second-order valence-electron chi connectivity index (χ2n) is 10.6. The van der Waals surface area contributed by atoms with Crippen molar-refractivity contribution in [1.82, 2.24) is 0 Å². The maximum Gasteiger partial charge on any atom is 0.191 e. The number of rotatable bonds is 7. The number of nitrogens with zero attached hydrogens (tertiary/aromatic N) is 1. The van der Waals surface area contributed by atoms with Crippen LogP contribution in [0.15, 0.2) is 83.9 Å². The van der Waals surface area contributed by atoms with E-state index in [4.69, 9.17) is 14.2 Å². The molecule has 3 aromatic rings. The van der Waals surface area contributed by atoms with Gasteiger partial charge in [0.2, 0.25) is 0 Å². The van der Waals surface area contributed by atoms with Gasteiger partial charge in [-0.2, -0.15) is 0 Å². The minimum atomic E-state index is -1.75. The van der Waals surface area contributed by atoms with Crippen LogP contribution in [0.1, 0.15) is 55.5 Å². The second-order valence-corrected chi connectivity index (χ2v) is 15.4. The highest BCUT2D eigenvalue weighted by Crippen LogP contribution is 2.38. The van der Waals surface area contributed by atoms with Crippen molar-refractivity contribution in [1.29, 1.82) is 0 Å². The summed E-state index contributed by atoms with van der Waals surface area (Å²) in [6.45, 7) is 13.0. The van der Waals surface area contributed by atoms with Crippen LogP contribution in [0.2, 0.25) is 18.1 Å². The van der Waals surface area contributed by atoms with Crippen LogP contribution in [-0.2, 0) is 15.6 Å². The van der Waals surface area contributed by atoms with Crippen molar-refractivity contribution in [3.63, 3.8) is 0 Å². The summed E-state index contributed by atoms with van der Waals surface area (Å²) in [5.74, 6) is 0. The third-order valence-electron chi connectivity index (χ3n) is 7.15. The van der Waals surface area contributed by atoms with Crippen LogP contribution < -0.4 is 0 Å². The summed E-state index contributed by atoms with van der Waals surface area (Å²) in [5.41, 5.74) is 6.84. The maximum atomic E-state index is 6.42. The van der Waals surface area contributed by atoms with Crippen LogP contribution in [0.25, 0.3) is 0 Å². The fourth-order valence-corrected chi connectivity index (χ4v) is 5.15. The third kappa shape index (κ3) is 5.75. The average molecular weight is 472 g/mol. The quantitative estimate of drug-likeness (QED) is 0.259. The van der Waals surface area contributed by atoms with Gasteiger partial charge in [-0.25, -0.2) is 4.99 Å². The van der Waals surface area contributed by atoms with Crippen LogP contribution >= 0.6 is 0 Å². The molecular weight excluding hydrogens is 434 g/mol. The molecule has 0 saturated heterocycles. The summed E-state index contributed by atoms with van der Waals surface area (Å²) < 4.78 is 12.6. The van der Waals surface area contributed by atoms with Gasteiger partial charge in [-0.3, -0.25) is 0 Å². The first kappa shape index (κ1) is 24.6. The first-order valence-electron chi connectivity index (χ1n) is 12.3. The molecule has 0 fully saturated rings. The van der Waals surface area contributed by atoms with E-state index < -0.39 is 8.32 Å². The van der Waals surface area contributed by atoms with E-state index in [1.54, 1.807) is 0 Å². The van der Waals surface area contributed by atoms with Crippen molar-refractivity contribution in [3.05, 3.63) is 101 Å². The molecule has 0 saturated carbocycles. The molecule has 0 bridgehead atoms. The highest BCUT2D eigenvalue weighted by atomic mass is 28.4. The first-order valence-corrected chi connectivity index (χ1v) is 15.2. The van der Waals surface area contributed by atoms with E-state index in [1.807, 2.05) is 12.1 Å². The normalized spacial score (nSPS) is 16.1. The van der Waals surface area contributed by atoms with E-state index in [-0.39, 0.29) is 11.1 Å². The average Bonchev–Trinajstić information content (AvgIpc) is 2.83. The van der Waals surface area contributed by atoms with Crippen LogP contribution in [0.3, 0.4) is 0 Å². The molecular formula is C30H37NO2Si. The lowest BCUT2D eigenvalue weighted by molar-refractivity contribution is 0.0265. The van der Waals surface area contributed by atoms with Crippen molar-refractivity contribution >= 4 is 19.7 Å². The molecule has 3 aromatic carbocycles. The molecule has 1 atom stereocenters. The number of fused-ring (bicyclic) bond motifs is 1. The highest BCUT2D eigenvalue weighted by molar-refractivity contribution is 6.74. The molecule has 178 valence electrons. The molecule has 3 nitrogen and oxygen atoms in total. The second kappa shape index (κ2) is 10.4. The Labute approximate surface area is 206 Å². The summed E-state index contributed by atoms with van der Waals surface area (Å²) in [6, 6.07) is 27.4. The van der Waals surface area contributed by atoms with E-state index in [9.17, 15) is 0 Å². The number of hydrogen-bond donors (Lipinski definition) is 0. The van der Waals surface area contributed by atoms with E-state index in [2.05, 4.69) is 101 Å². The third-order valence-corrected chi connectivity index (χ3v) is 11.7. The minimum Gasteiger partial charge on any atom is -0.417 e. The lowest BCUT2D eigenvalue weighted by atomic mass is 9.95. The predicted octanol–water partition coefficient (Wildman–Crippen LogP) is 7.88. The van der Waals surface area contributed by atoms with Gasteiger partial charge in [0.25, 0.3) is 0 Å². The number of benzene rings is 3. The van der Waals surface area contributed by atoms with Crippen molar-refractivity contribution < 1.29 is 9.16 Å². The molecule has 0 unspecified atom stereocenters. The molecule has 4 rings (SSSR count). The van der Waals surface area contributed by atoms with Crippen LogP contribution in [0.5, 0.6) is 0 Å². The molecule has 0 spiro atoms. The smallest absolute Gasteiger partial charge is 0.191 e. The maximum absolute atomic E-state index is 6.42. The fourth-order valence-electron chi connectivity index (χ4n) is 4.09. The van der Waals surface area contributed by atoms with Crippen molar-refractivity contribution in [2.75, 3.05) is 13.2 Å². The molecule has 1 aliphatic heterocycles. The molecule has 0 radical (unpaired) electrons. The van der Waals surface area contributed by atoms with Crippen molar-refractivity contribution in [2.24, 2.45) is 4.99 Å². The lowest BCUT2D eigenvalue weighted by Gasteiger charge is -2.37. The first-order chi connectivity index (χ1) is 16.2. The summed E-state index contributed by atoms with van der Waals surface area (Å²) in [5, 5.41) is 0.223. The Kier molecular flexibility index (Phi) is 7.51. The molecule has 4 heteroatoms. The van der Waals surface area contributed by atoms with E-state index in [0.29, 0.717) is 0 Å². The van der Waals surface area contributed by atoms with Gasteiger partial charge in [-0.15, -0.1) is 0 Å². The molecule has 0 aliphatic carbocycles. The van der Waals surface area contributed by atoms with Crippen LogP contribution in [0.4, 0.5) is 5.69 Å². The Morgan fingerprint density at radius 2 is 1.56 bits per heavy atom. The van der Waals surface area contributed by atoms with Gasteiger partial charge in [0.15, 0.2) is 8.32 Å². The van der Waals surface area contributed by atoms with Gasteiger partial charge in [-0.1, -0.05) is 87.5 Å². The van der Waals surface area contributed by atoms with E-state index in [0.717, 1.165) is 48.6 Å². The van der Waals surface area contributed by atoms with Gasteiger partial charge in [-0.05, 0) is 54.2 Å². The molecule has 0 aromatic heterocycles. The zero-order valence-corrected chi connectivity index (χ0v) is 22.2. The zero-order valence-electron chi connectivity index (χ0n) is 21.2. The summed E-state index contributed by atoms with van der Waals surface area (Å²) in [4.78, 5) is 5.11. The van der Waals surface area contributed by atoms with Crippen molar-refractivity contribution in [2.45, 2.75) is 57.8 Å². The van der Waals surface area contributed by atoms with Gasteiger partial charge in [0.05, 0.1) is 24.1 Å². The molecule has 1 aliphatic rings. The molecule has 0 amide bonds. The Morgan fingerprint density at radius 3 is 2.15 bits per heavy atom.